The van der Waals surface area contributed by atoms with E-state index in [9.17, 15) is 9.59 Å². The van der Waals surface area contributed by atoms with Crippen molar-refractivity contribution in [3.05, 3.63) is 102 Å². The maximum atomic E-state index is 12.9. The lowest BCUT2D eigenvalue weighted by Crippen LogP contribution is -2.47. The van der Waals surface area contributed by atoms with Crippen molar-refractivity contribution in [2.24, 2.45) is 5.10 Å². The first-order chi connectivity index (χ1) is 16.7. The van der Waals surface area contributed by atoms with Crippen LogP contribution in [-0.4, -0.2) is 27.5 Å². The van der Waals surface area contributed by atoms with Gasteiger partial charge in [-0.2, -0.15) is 10.1 Å². The first-order valence-corrected chi connectivity index (χ1v) is 11.7. The van der Waals surface area contributed by atoms with Crippen LogP contribution in [0.15, 0.2) is 95.6 Å². The van der Waals surface area contributed by atoms with Crippen molar-refractivity contribution in [1.82, 2.24) is 5.32 Å². The number of halogens is 3. The Balaban J connectivity index is 1.48. The zero-order chi connectivity index (χ0) is 25.0. The highest BCUT2D eigenvalue weighted by Gasteiger charge is 2.36. The summed E-state index contributed by atoms with van der Waals surface area (Å²) in [6.07, 6.45) is 0.506. The van der Waals surface area contributed by atoms with Gasteiger partial charge < -0.3 is 10.1 Å². The van der Waals surface area contributed by atoms with Gasteiger partial charge in [0.05, 0.1) is 17.0 Å². The standard InChI is InChI=1S/C26H20Cl3N3O3/c1-17-22(24(34)32(31-17)20-10-6-3-7-11-20)16-18-12-14-21(15-13-18)35-25(26(27,28)29)30-23(33)19-8-4-2-5-9-19/h2-16,25H,1H3,(H,30,33)/b22-16-/t25-/m1/s1. The molecule has 0 spiro atoms. The number of benzene rings is 3. The van der Waals surface area contributed by atoms with E-state index in [-0.39, 0.29) is 5.91 Å². The normalized spacial score (nSPS) is 15.7. The minimum atomic E-state index is -1.92. The summed E-state index contributed by atoms with van der Waals surface area (Å²) in [5.74, 6) is -0.291. The quantitative estimate of drug-likeness (QED) is 0.242. The molecule has 0 radical (unpaired) electrons. The molecule has 0 unspecified atom stereocenters. The Morgan fingerprint density at radius 2 is 1.57 bits per heavy atom. The van der Waals surface area contributed by atoms with E-state index in [4.69, 9.17) is 39.5 Å². The summed E-state index contributed by atoms with van der Waals surface area (Å²) in [7, 11) is 0. The fourth-order valence-corrected chi connectivity index (χ4v) is 3.64. The molecule has 3 aromatic rings. The minimum absolute atomic E-state index is 0.214. The third kappa shape index (κ3) is 6.03. The predicted octanol–water partition coefficient (Wildman–Crippen LogP) is 6.00. The highest BCUT2D eigenvalue weighted by Crippen LogP contribution is 2.32. The zero-order valence-corrected chi connectivity index (χ0v) is 20.8. The Labute approximate surface area is 217 Å². The second-order valence-corrected chi connectivity index (χ2v) is 10.0. The number of hydrogen-bond donors (Lipinski definition) is 1. The van der Waals surface area contributed by atoms with Crippen LogP contribution in [0.25, 0.3) is 6.08 Å². The third-order valence-corrected chi connectivity index (χ3v) is 5.70. The number of nitrogens with one attached hydrogen (secondary N) is 1. The molecule has 3 aromatic carbocycles. The Morgan fingerprint density at radius 1 is 0.971 bits per heavy atom. The fourth-order valence-electron chi connectivity index (χ4n) is 3.34. The van der Waals surface area contributed by atoms with Crippen LogP contribution < -0.4 is 15.1 Å². The van der Waals surface area contributed by atoms with E-state index in [1.54, 1.807) is 67.6 Å². The lowest BCUT2D eigenvalue weighted by atomic mass is 10.1. The molecule has 178 valence electrons. The summed E-state index contributed by atoms with van der Waals surface area (Å²) in [5, 5.41) is 8.34. The Kier molecular flexibility index (Phi) is 7.45. The van der Waals surface area contributed by atoms with Gasteiger partial charge in [0.15, 0.2) is 0 Å². The number of alkyl halides is 3. The van der Waals surface area contributed by atoms with E-state index in [0.717, 1.165) is 5.56 Å². The van der Waals surface area contributed by atoms with Gasteiger partial charge in [-0.3, -0.25) is 9.59 Å². The molecular formula is C26H20Cl3N3O3. The molecule has 1 aliphatic rings. The average molecular weight is 529 g/mol. The van der Waals surface area contributed by atoms with Crippen LogP contribution in [0, 0.1) is 0 Å². The van der Waals surface area contributed by atoms with Gasteiger partial charge in [0.2, 0.25) is 10.0 Å². The number of hydrazone groups is 1. The molecule has 4 rings (SSSR count). The second-order valence-electron chi connectivity index (χ2n) is 7.64. The summed E-state index contributed by atoms with van der Waals surface area (Å²) in [5.41, 5.74) is 2.94. The number of carbonyl (C=O) groups excluding carboxylic acids is 2. The lowest BCUT2D eigenvalue weighted by Gasteiger charge is -2.26. The monoisotopic (exact) mass is 527 g/mol. The van der Waals surface area contributed by atoms with Crippen LogP contribution in [0.2, 0.25) is 0 Å². The largest absolute Gasteiger partial charge is 0.466 e. The van der Waals surface area contributed by atoms with Gasteiger partial charge in [-0.1, -0.05) is 83.3 Å². The molecule has 2 amide bonds. The smallest absolute Gasteiger partial charge is 0.280 e. The number of para-hydroxylation sites is 1. The molecule has 1 aliphatic heterocycles. The molecule has 0 aromatic heterocycles. The molecule has 35 heavy (non-hydrogen) atoms. The summed E-state index contributed by atoms with van der Waals surface area (Å²) in [6.45, 7) is 1.78. The maximum Gasteiger partial charge on any atom is 0.280 e. The summed E-state index contributed by atoms with van der Waals surface area (Å²) >= 11 is 18.1. The molecule has 0 saturated heterocycles. The van der Waals surface area contributed by atoms with Gasteiger partial charge in [-0.05, 0) is 55.0 Å². The van der Waals surface area contributed by atoms with E-state index in [2.05, 4.69) is 10.4 Å². The van der Waals surface area contributed by atoms with Gasteiger partial charge in [0.1, 0.15) is 5.75 Å². The summed E-state index contributed by atoms with van der Waals surface area (Å²) < 4.78 is 3.85. The van der Waals surface area contributed by atoms with E-state index in [0.29, 0.717) is 28.3 Å². The van der Waals surface area contributed by atoms with Crippen LogP contribution in [0.1, 0.15) is 22.8 Å². The summed E-state index contributed by atoms with van der Waals surface area (Å²) in [4.78, 5) is 25.4. The maximum absolute atomic E-state index is 12.9. The van der Waals surface area contributed by atoms with Crippen LogP contribution in [-0.2, 0) is 4.79 Å². The number of nitrogens with zero attached hydrogens (tertiary/aromatic N) is 2. The van der Waals surface area contributed by atoms with Crippen molar-refractivity contribution in [2.75, 3.05) is 5.01 Å². The molecule has 1 N–H and O–H groups in total. The number of ether oxygens (including phenoxy) is 1. The molecule has 0 saturated carbocycles. The molecule has 1 atom stereocenters. The first kappa shape index (κ1) is 24.8. The van der Waals surface area contributed by atoms with Crippen molar-refractivity contribution >= 4 is 64.1 Å². The number of anilines is 1. The van der Waals surface area contributed by atoms with Crippen LogP contribution >= 0.6 is 34.8 Å². The molecule has 0 bridgehead atoms. The van der Waals surface area contributed by atoms with E-state index < -0.39 is 15.9 Å². The SMILES string of the molecule is CC1=NN(c2ccccc2)C(=O)/C1=C\c1ccc(O[C@@H](NC(=O)c2ccccc2)C(Cl)(Cl)Cl)cc1. The van der Waals surface area contributed by atoms with Crippen molar-refractivity contribution in [1.29, 1.82) is 0 Å². The van der Waals surface area contributed by atoms with Crippen LogP contribution in [0.4, 0.5) is 5.69 Å². The van der Waals surface area contributed by atoms with Gasteiger partial charge in [0.25, 0.3) is 11.8 Å². The molecule has 0 fully saturated rings. The topological polar surface area (TPSA) is 71.0 Å². The van der Waals surface area contributed by atoms with E-state index in [1.165, 1.54) is 5.01 Å². The molecular weight excluding hydrogens is 509 g/mol. The number of hydrogen-bond acceptors (Lipinski definition) is 4. The van der Waals surface area contributed by atoms with Gasteiger partial charge in [-0.25, -0.2) is 0 Å². The zero-order valence-electron chi connectivity index (χ0n) is 18.5. The van der Waals surface area contributed by atoms with E-state index >= 15 is 0 Å². The highest BCUT2D eigenvalue weighted by atomic mass is 35.6. The second kappa shape index (κ2) is 10.5. The predicted molar refractivity (Wildman–Crippen MR) is 140 cm³/mol. The average Bonchev–Trinajstić information content (AvgIpc) is 3.13. The van der Waals surface area contributed by atoms with Gasteiger partial charge >= 0.3 is 0 Å². The first-order valence-electron chi connectivity index (χ1n) is 10.6. The highest BCUT2D eigenvalue weighted by molar-refractivity contribution is 6.68. The lowest BCUT2D eigenvalue weighted by molar-refractivity contribution is -0.114. The van der Waals surface area contributed by atoms with Crippen molar-refractivity contribution in [3.8, 4) is 5.75 Å². The Bertz CT molecular complexity index is 1270. The fraction of sp³-hybridized carbons (Fsp3) is 0.115. The molecule has 0 aliphatic carbocycles. The third-order valence-electron chi connectivity index (χ3n) is 5.10. The minimum Gasteiger partial charge on any atom is -0.466 e. The Morgan fingerprint density at radius 3 is 2.17 bits per heavy atom. The van der Waals surface area contributed by atoms with Gasteiger partial charge in [-0.15, -0.1) is 0 Å². The van der Waals surface area contributed by atoms with Crippen LogP contribution in [0.5, 0.6) is 5.75 Å². The van der Waals surface area contributed by atoms with Crippen LogP contribution in [0.3, 0.4) is 0 Å². The van der Waals surface area contributed by atoms with Crippen molar-refractivity contribution in [3.63, 3.8) is 0 Å². The van der Waals surface area contributed by atoms with E-state index in [1.807, 2.05) is 30.3 Å². The number of carbonyl (C=O) groups is 2. The number of amides is 2. The van der Waals surface area contributed by atoms with Crippen molar-refractivity contribution in [2.45, 2.75) is 16.9 Å². The molecule has 6 nitrogen and oxygen atoms in total. The van der Waals surface area contributed by atoms with Gasteiger partial charge in [0, 0.05) is 5.56 Å². The Hall–Kier alpha value is -3.32. The van der Waals surface area contributed by atoms with Crippen molar-refractivity contribution < 1.29 is 14.3 Å². The number of rotatable bonds is 6. The molecule has 1 heterocycles. The molecule has 9 heteroatoms. The summed E-state index contributed by atoms with van der Waals surface area (Å²) in [6, 6.07) is 24.6.